The minimum atomic E-state index is -0.0369. The van der Waals surface area contributed by atoms with Crippen LogP contribution in [0.1, 0.15) is 34.3 Å². The highest BCUT2D eigenvalue weighted by Crippen LogP contribution is 2.26. The second-order valence-electron chi connectivity index (χ2n) is 3.74. The highest BCUT2D eigenvalue weighted by Gasteiger charge is 2.14. The van der Waals surface area contributed by atoms with E-state index in [0.717, 1.165) is 11.1 Å². The Bertz CT molecular complexity index is 444. The minimum absolute atomic E-state index is 0.0369. The van der Waals surface area contributed by atoms with E-state index in [1.807, 2.05) is 32.0 Å². The Hall–Kier alpha value is -1.82. The van der Waals surface area contributed by atoms with Gasteiger partial charge in [0.2, 0.25) is 0 Å². The molecule has 1 aromatic carbocycles. The highest BCUT2D eigenvalue weighted by molar-refractivity contribution is 5.99. The first-order valence-corrected chi connectivity index (χ1v) is 5.15. The van der Waals surface area contributed by atoms with Crippen molar-refractivity contribution in [2.45, 2.75) is 26.7 Å². The van der Waals surface area contributed by atoms with E-state index in [9.17, 15) is 4.79 Å². The van der Waals surface area contributed by atoms with Crippen LogP contribution >= 0.6 is 0 Å². The number of methoxy groups -OCH3 is 1. The van der Waals surface area contributed by atoms with Gasteiger partial charge in [0.05, 0.1) is 18.7 Å². The number of ether oxygens (including phenoxy) is 1. The number of hydrogen-bond acceptors (Lipinski definition) is 3. The van der Waals surface area contributed by atoms with Gasteiger partial charge in [-0.3, -0.25) is 4.79 Å². The SMILES string of the molecule is COc1c(C)cc(C)cc1C(=O)CCC#N. The number of benzene rings is 1. The predicted molar refractivity (Wildman–Crippen MR) is 61.6 cm³/mol. The molecule has 0 atom stereocenters. The van der Waals surface area contributed by atoms with Gasteiger partial charge in [-0.25, -0.2) is 0 Å². The third kappa shape index (κ3) is 2.60. The fourth-order valence-corrected chi connectivity index (χ4v) is 1.74. The molecule has 16 heavy (non-hydrogen) atoms. The van der Waals surface area contributed by atoms with Gasteiger partial charge in [-0.15, -0.1) is 0 Å². The van der Waals surface area contributed by atoms with Crippen molar-refractivity contribution in [1.82, 2.24) is 0 Å². The first-order valence-electron chi connectivity index (χ1n) is 5.15. The molecule has 84 valence electrons. The number of carbonyl (C=O) groups excluding carboxylic acids is 1. The van der Waals surface area contributed by atoms with Crippen LogP contribution in [0.25, 0.3) is 0 Å². The van der Waals surface area contributed by atoms with Crippen LogP contribution in [0, 0.1) is 25.2 Å². The Morgan fingerprint density at radius 1 is 1.44 bits per heavy atom. The van der Waals surface area contributed by atoms with Crippen LogP contribution < -0.4 is 4.74 Å². The molecule has 0 aromatic heterocycles. The standard InChI is InChI=1S/C13H15NO2/c1-9-7-10(2)13(16-3)11(8-9)12(15)5-4-6-14/h7-8H,4-5H2,1-3H3. The monoisotopic (exact) mass is 217 g/mol. The van der Waals surface area contributed by atoms with Crippen LogP contribution in [0.2, 0.25) is 0 Å². The molecular weight excluding hydrogens is 202 g/mol. The van der Waals surface area contributed by atoms with Crippen LogP contribution in [0.5, 0.6) is 5.75 Å². The zero-order chi connectivity index (χ0) is 12.1. The third-order valence-electron chi connectivity index (χ3n) is 2.39. The Morgan fingerprint density at radius 3 is 2.69 bits per heavy atom. The molecule has 0 aliphatic heterocycles. The van der Waals surface area contributed by atoms with E-state index in [1.54, 1.807) is 7.11 Å². The number of Topliss-reactive ketones (excluding diaryl/α,β-unsaturated/α-hetero) is 1. The molecule has 0 aliphatic rings. The maximum atomic E-state index is 11.9. The van der Waals surface area contributed by atoms with Crippen molar-refractivity contribution < 1.29 is 9.53 Å². The zero-order valence-corrected chi connectivity index (χ0v) is 9.83. The maximum Gasteiger partial charge on any atom is 0.167 e. The summed E-state index contributed by atoms with van der Waals surface area (Å²) in [5, 5.41) is 8.46. The van der Waals surface area contributed by atoms with Crippen molar-refractivity contribution in [3.05, 3.63) is 28.8 Å². The average molecular weight is 217 g/mol. The fourth-order valence-electron chi connectivity index (χ4n) is 1.74. The molecule has 3 heteroatoms. The van der Waals surface area contributed by atoms with E-state index in [4.69, 9.17) is 10.00 Å². The molecule has 0 N–H and O–H groups in total. The Morgan fingerprint density at radius 2 is 2.12 bits per heavy atom. The average Bonchev–Trinajstić information content (AvgIpc) is 2.24. The normalized spacial score (nSPS) is 9.62. The minimum Gasteiger partial charge on any atom is -0.496 e. The summed E-state index contributed by atoms with van der Waals surface area (Å²) in [5.74, 6) is 0.582. The summed E-state index contributed by atoms with van der Waals surface area (Å²) in [6.07, 6.45) is 0.491. The van der Waals surface area contributed by atoms with Gasteiger partial charge in [0.15, 0.2) is 5.78 Å². The predicted octanol–water partition coefficient (Wildman–Crippen LogP) is 2.80. The molecule has 1 rings (SSSR count). The van der Waals surface area contributed by atoms with Crippen molar-refractivity contribution >= 4 is 5.78 Å². The molecule has 0 bridgehead atoms. The second kappa shape index (κ2) is 5.32. The number of nitriles is 1. The topological polar surface area (TPSA) is 50.1 Å². The van der Waals surface area contributed by atoms with Crippen LogP contribution in [0.3, 0.4) is 0 Å². The molecule has 0 heterocycles. The number of aryl methyl sites for hydroxylation is 2. The number of carbonyl (C=O) groups is 1. The molecule has 0 amide bonds. The van der Waals surface area contributed by atoms with E-state index in [0.29, 0.717) is 11.3 Å². The van der Waals surface area contributed by atoms with Crippen molar-refractivity contribution in [1.29, 1.82) is 5.26 Å². The van der Waals surface area contributed by atoms with E-state index in [1.165, 1.54) is 0 Å². The lowest BCUT2D eigenvalue weighted by molar-refractivity contribution is 0.0981. The lowest BCUT2D eigenvalue weighted by Gasteiger charge is -2.11. The van der Waals surface area contributed by atoms with Gasteiger partial charge in [0.1, 0.15) is 5.75 Å². The summed E-state index contributed by atoms with van der Waals surface area (Å²) in [6.45, 7) is 3.85. The van der Waals surface area contributed by atoms with E-state index >= 15 is 0 Å². The van der Waals surface area contributed by atoms with Gasteiger partial charge in [-0.2, -0.15) is 5.26 Å². The number of ketones is 1. The summed E-state index contributed by atoms with van der Waals surface area (Å²) < 4.78 is 5.23. The van der Waals surface area contributed by atoms with Gasteiger partial charge in [-0.05, 0) is 31.0 Å². The van der Waals surface area contributed by atoms with Crippen molar-refractivity contribution in [2.75, 3.05) is 7.11 Å². The van der Waals surface area contributed by atoms with Gasteiger partial charge in [0, 0.05) is 12.8 Å². The first kappa shape index (κ1) is 12.3. The molecule has 0 saturated heterocycles. The number of hydrogen-bond donors (Lipinski definition) is 0. The summed E-state index contributed by atoms with van der Waals surface area (Å²) in [6, 6.07) is 5.76. The van der Waals surface area contributed by atoms with E-state index in [-0.39, 0.29) is 18.6 Å². The largest absolute Gasteiger partial charge is 0.496 e. The Labute approximate surface area is 95.7 Å². The molecule has 0 saturated carbocycles. The molecular formula is C13H15NO2. The molecule has 0 radical (unpaired) electrons. The zero-order valence-electron chi connectivity index (χ0n) is 9.83. The molecule has 3 nitrogen and oxygen atoms in total. The van der Waals surface area contributed by atoms with Crippen molar-refractivity contribution in [3.8, 4) is 11.8 Å². The Balaban J connectivity index is 3.11. The summed E-state index contributed by atoms with van der Waals surface area (Å²) in [5.41, 5.74) is 2.55. The molecule has 0 spiro atoms. The molecule has 0 fully saturated rings. The van der Waals surface area contributed by atoms with Crippen molar-refractivity contribution in [2.24, 2.45) is 0 Å². The molecule has 1 aromatic rings. The second-order valence-corrected chi connectivity index (χ2v) is 3.74. The lowest BCUT2D eigenvalue weighted by atomic mass is 10.00. The van der Waals surface area contributed by atoms with Crippen molar-refractivity contribution in [3.63, 3.8) is 0 Å². The van der Waals surface area contributed by atoms with Gasteiger partial charge < -0.3 is 4.74 Å². The van der Waals surface area contributed by atoms with Gasteiger partial charge >= 0.3 is 0 Å². The summed E-state index contributed by atoms with van der Waals surface area (Å²) in [4.78, 5) is 11.9. The van der Waals surface area contributed by atoms with Crippen LogP contribution in [-0.4, -0.2) is 12.9 Å². The number of nitrogens with zero attached hydrogens (tertiary/aromatic N) is 1. The summed E-state index contributed by atoms with van der Waals surface area (Å²) >= 11 is 0. The van der Waals surface area contributed by atoms with Gasteiger partial charge in [0.25, 0.3) is 0 Å². The maximum absolute atomic E-state index is 11.9. The first-order chi connectivity index (χ1) is 7.60. The smallest absolute Gasteiger partial charge is 0.167 e. The van der Waals surface area contributed by atoms with Gasteiger partial charge in [-0.1, -0.05) is 6.07 Å². The molecule has 0 aliphatic carbocycles. The van der Waals surface area contributed by atoms with Crippen LogP contribution in [-0.2, 0) is 0 Å². The lowest BCUT2D eigenvalue weighted by Crippen LogP contribution is -2.04. The Kier molecular flexibility index (Phi) is 4.07. The molecule has 0 unspecified atom stereocenters. The summed E-state index contributed by atoms with van der Waals surface area (Å²) in [7, 11) is 1.55. The fraction of sp³-hybridized carbons (Fsp3) is 0.385. The quantitative estimate of drug-likeness (QED) is 0.728. The highest BCUT2D eigenvalue weighted by atomic mass is 16.5. The van der Waals surface area contributed by atoms with Crippen LogP contribution in [0.15, 0.2) is 12.1 Å². The van der Waals surface area contributed by atoms with E-state index < -0.39 is 0 Å². The van der Waals surface area contributed by atoms with E-state index in [2.05, 4.69) is 0 Å². The number of rotatable bonds is 4. The third-order valence-corrected chi connectivity index (χ3v) is 2.39. The van der Waals surface area contributed by atoms with Crippen LogP contribution in [0.4, 0.5) is 0 Å².